The Morgan fingerprint density at radius 3 is 2.59 bits per heavy atom. The molecule has 1 fully saturated rings. The molecule has 0 saturated carbocycles. The number of rotatable bonds is 3. The van der Waals surface area contributed by atoms with Gasteiger partial charge in [0.25, 0.3) is 5.91 Å². The maximum Gasteiger partial charge on any atom is 0.276 e. The summed E-state index contributed by atoms with van der Waals surface area (Å²) in [4.78, 5) is 19.4. The lowest BCUT2D eigenvalue weighted by Crippen LogP contribution is -2.38. The van der Waals surface area contributed by atoms with Gasteiger partial charge >= 0.3 is 0 Å². The Kier molecular flexibility index (Phi) is 4.35. The Morgan fingerprint density at radius 1 is 1.03 bits per heavy atom. The van der Waals surface area contributed by atoms with E-state index in [1.807, 2.05) is 64.0 Å². The van der Waals surface area contributed by atoms with E-state index in [0.717, 1.165) is 29.9 Å². The number of benzene rings is 1. The molecule has 7 nitrogen and oxygen atoms in total. The van der Waals surface area contributed by atoms with Crippen LogP contribution in [-0.2, 0) is 0 Å². The minimum absolute atomic E-state index is 0.0713. The minimum atomic E-state index is -0.0713. The van der Waals surface area contributed by atoms with Crippen LogP contribution in [0, 0.1) is 6.92 Å². The molecule has 7 heteroatoms. The summed E-state index contributed by atoms with van der Waals surface area (Å²) in [5, 5.41) is 8.63. The summed E-state index contributed by atoms with van der Waals surface area (Å²) in [5.41, 5.74) is 2.12. The molecule has 0 aliphatic carbocycles. The molecule has 0 atom stereocenters. The Labute approximate surface area is 168 Å². The van der Waals surface area contributed by atoms with Crippen LogP contribution in [0.15, 0.2) is 59.1 Å². The molecular weight excluding hydrogens is 366 g/mol. The molecule has 5 rings (SSSR count). The number of carbonyl (C=O) groups excluding carboxylic acids is 1. The summed E-state index contributed by atoms with van der Waals surface area (Å²) < 4.78 is 7.80. The van der Waals surface area contributed by atoms with Crippen molar-refractivity contribution in [2.45, 2.75) is 25.7 Å². The molecule has 1 aromatic carbocycles. The molecule has 0 unspecified atom stereocenters. The quantitative estimate of drug-likeness (QED) is 0.536. The fourth-order valence-corrected chi connectivity index (χ4v) is 3.93. The van der Waals surface area contributed by atoms with Gasteiger partial charge in [-0.1, -0.05) is 24.3 Å². The van der Waals surface area contributed by atoms with Crippen molar-refractivity contribution in [2.24, 2.45) is 0 Å². The van der Waals surface area contributed by atoms with Crippen molar-refractivity contribution in [3.63, 3.8) is 0 Å². The topological polar surface area (TPSA) is 76.5 Å². The van der Waals surface area contributed by atoms with E-state index in [-0.39, 0.29) is 11.8 Å². The third-order valence-electron chi connectivity index (χ3n) is 5.51. The molecule has 1 saturated heterocycles. The number of likely N-dealkylation sites (tertiary alicyclic amines) is 1. The highest BCUT2D eigenvalue weighted by atomic mass is 16.4. The average molecular weight is 387 g/mol. The van der Waals surface area contributed by atoms with Gasteiger partial charge in [0.05, 0.1) is 0 Å². The number of piperidine rings is 1. The van der Waals surface area contributed by atoms with Crippen molar-refractivity contribution in [1.29, 1.82) is 0 Å². The predicted molar refractivity (Wildman–Crippen MR) is 108 cm³/mol. The number of pyridine rings is 1. The zero-order valence-electron chi connectivity index (χ0n) is 16.2. The van der Waals surface area contributed by atoms with Gasteiger partial charge in [0, 0.05) is 30.8 Å². The first-order valence-corrected chi connectivity index (χ1v) is 9.82. The lowest BCUT2D eigenvalue weighted by Gasteiger charge is -2.30. The number of hydrogen-bond acceptors (Lipinski definition) is 5. The van der Waals surface area contributed by atoms with Crippen molar-refractivity contribution < 1.29 is 9.21 Å². The van der Waals surface area contributed by atoms with Crippen molar-refractivity contribution in [1.82, 2.24) is 24.5 Å². The first kappa shape index (κ1) is 17.6. The van der Waals surface area contributed by atoms with Crippen LogP contribution >= 0.6 is 0 Å². The first-order valence-electron chi connectivity index (χ1n) is 9.82. The Hall–Kier alpha value is -3.48. The number of amides is 1. The molecule has 29 heavy (non-hydrogen) atoms. The highest BCUT2D eigenvalue weighted by Crippen LogP contribution is 2.29. The molecule has 4 aromatic rings. The van der Waals surface area contributed by atoms with Gasteiger partial charge in [0.2, 0.25) is 5.89 Å². The second kappa shape index (κ2) is 7.16. The van der Waals surface area contributed by atoms with Crippen LogP contribution in [0.2, 0.25) is 0 Å². The normalized spacial score (nSPS) is 15.1. The summed E-state index contributed by atoms with van der Waals surface area (Å²) in [6, 6.07) is 15.5. The number of fused-ring (bicyclic) bond motifs is 1. The van der Waals surface area contributed by atoms with E-state index in [9.17, 15) is 4.79 Å². The van der Waals surface area contributed by atoms with Gasteiger partial charge in [-0.15, -0.1) is 10.2 Å². The van der Waals surface area contributed by atoms with Gasteiger partial charge in [-0.3, -0.25) is 9.20 Å². The standard InChI is InChI=1S/C22H21N5O2/c1-15-19(23-21(29-15)17-7-3-2-4-8-17)22(28)26-13-10-16(11-14-26)20-25-24-18-9-5-6-12-27(18)20/h2-9,12,16H,10-11,13-14H2,1H3. The van der Waals surface area contributed by atoms with E-state index in [2.05, 4.69) is 15.2 Å². The summed E-state index contributed by atoms with van der Waals surface area (Å²) >= 11 is 0. The second-order valence-electron chi connectivity index (χ2n) is 7.34. The van der Waals surface area contributed by atoms with Crippen LogP contribution in [0.5, 0.6) is 0 Å². The van der Waals surface area contributed by atoms with E-state index in [0.29, 0.717) is 30.4 Å². The zero-order valence-corrected chi connectivity index (χ0v) is 16.2. The third kappa shape index (κ3) is 3.18. The molecule has 0 spiro atoms. The largest absolute Gasteiger partial charge is 0.441 e. The summed E-state index contributed by atoms with van der Waals surface area (Å²) in [7, 11) is 0. The molecule has 1 aliphatic rings. The van der Waals surface area contributed by atoms with Gasteiger partial charge in [-0.05, 0) is 44.0 Å². The average Bonchev–Trinajstić information content (AvgIpc) is 3.38. The fourth-order valence-electron chi connectivity index (χ4n) is 3.93. The van der Waals surface area contributed by atoms with Gasteiger partial charge in [0.15, 0.2) is 11.3 Å². The smallest absolute Gasteiger partial charge is 0.276 e. The summed E-state index contributed by atoms with van der Waals surface area (Å²) in [6.07, 6.45) is 3.69. The highest BCUT2D eigenvalue weighted by Gasteiger charge is 2.30. The maximum atomic E-state index is 13.0. The summed E-state index contributed by atoms with van der Waals surface area (Å²) in [5.74, 6) is 2.22. The molecule has 146 valence electrons. The molecular formula is C22H21N5O2. The summed E-state index contributed by atoms with van der Waals surface area (Å²) in [6.45, 7) is 3.12. The van der Waals surface area contributed by atoms with E-state index in [4.69, 9.17) is 4.42 Å². The first-order chi connectivity index (χ1) is 14.2. The Morgan fingerprint density at radius 2 is 1.79 bits per heavy atom. The van der Waals surface area contributed by atoms with Crippen LogP contribution in [0.1, 0.15) is 40.8 Å². The van der Waals surface area contributed by atoms with Gasteiger partial charge in [0.1, 0.15) is 11.6 Å². The zero-order chi connectivity index (χ0) is 19.8. The minimum Gasteiger partial charge on any atom is -0.441 e. The molecule has 0 N–H and O–H groups in total. The lowest BCUT2D eigenvalue weighted by atomic mass is 9.95. The maximum absolute atomic E-state index is 13.0. The molecule has 0 radical (unpaired) electrons. The van der Waals surface area contributed by atoms with Crippen LogP contribution in [0.4, 0.5) is 0 Å². The molecule has 3 aromatic heterocycles. The number of oxazole rings is 1. The van der Waals surface area contributed by atoms with E-state index in [1.165, 1.54) is 0 Å². The van der Waals surface area contributed by atoms with Crippen molar-refractivity contribution in [3.8, 4) is 11.5 Å². The lowest BCUT2D eigenvalue weighted by molar-refractivity contribution is 0.0704. The predicted octanol–water partition coefficient (Wildman–Crippen LogP) is 3.71. The monoisotopic (exact) mass is 387 g/mol. The van der Waals surface area contributed by atoms with E-state index in [1.54, 1.807) is 6.92 Å². The SMILES string of the molecule is Cc1oc(-c2ccccc2)nc1C(=O)N1CCC(c2nnc3ccccn23)CC1. The van der Waals surface area contributed by atoms with Crippen molar-refractivity contribution >= 4 is 11.6 Å². The van der Waals surface area contributed by atoms with Crippen LogP contribution in [-0.4, -0.2) is 43.5 Å². The van der Waals surface area contributed by atoms with Crippen molar-refractivity contribution in [2.75, 3.05) is 13.1 Å². The molecule has 1 amide bonds. The van der Waals surface area contributed by atoms with E-state index < -0.39 is 0 Å². The second-order valence-corrected chi connectivity index (χ2v) is 7.34. The fraction of sp³-hybridized carbons (Fsp3) is 0.273. The Bertz CT molecular complexity index is 1160. The van der Waals surface area contributed by atoms with Gasteiger partial charge in [-0.25, -0.2) is 4.98 Å². The number of aryl methyl sites for hydroxylation is 1. The van der Waals surface area contributed by atoms with Crippen LogP contribution in [0.25, 0.3) is 17.1 Å². The highest BCUT2D eigenvalue weighted by molar-refractivity contribution is 5.93. The number of carbonyl (C=O) groups is 1. The number of nitrogens with zero attached hydrogens (tertiary/aromatic N) is 5. The van der Waals surface area contributed by atoms with Crippen LogP contribution in [0.3, 0.4) is 0 Å². The molecule has 0 bridgehead atoms. The number of hydrogen-bond donors (Lipinski definition) is 0. The number of aromatic nitrogens is 4. The van der Waals surface area contributed by atoms with Gasteiger partial charge in [-0.2, -0.15) is 0 Å². The van der Waals surface area contributed by atoms with Crippen LogP contribution < -0.4 is 0 Å². The van der Waals surface area contributed by atoms with Gasteiger partial charge < -0.3 is 9.32 Å². The molecule has 4 heterocycles. The Balaban J connectivity index is 1.31. The third-order valence-corrected chi connectivity index (χ3v) is 5.51. The molecule has 1 aliphatic heterocycles. The van der Waals surface area contributed by atoms with E-state index >= 15 is 0 Å². The van der Waals surface area contributed by atoms with Crippen molar-refractivity contribution in [3.05, 3.63) is 72.0 Å².